The molecule has 128 valence electrons. The standard InChI is InChI=1S/C21H22N2O2/c1-14-4-3-5-18(15(14)2)16-6-8-17(9-7-16)20(25)23-12-21(13-23)11-10-19(24)22-21/h3-9H,10-13H2,1-2H3,(H,22,24). The van der Waals surface area contributed by atoms with E-state index in [0.29, 0.717) is 25.1 Å². The fourth-order valence-electron chi connectivity index (χ4n) is 3.88. The number of aryl methyl sites for hydroxylation is 1. The van der Waals surface area contributed by atoms with Gasteiger partial charge in [-0.25, -0.2) is 0 Å². The SMILES string of the molecule is Cc1cccc(-c2ccc(C(=O)N3CC4(CCC(=O)N4)C3)cc2)c1C. The van der Waals surface area contributed by atoms with Crippen molar-refractivity contribution in [2.75, 3.05) is 13.1 Å². The monoisotopic (exact) mass is 334 g/mol. The van der Waals surface area contributed by atoms with Crippen molar-refractivity contribution in [2.45, 2.75) is 32.2 Å². The number of nitrogens with one attached hydrogen (secondary N) is 1. The van der Waals surface area contributed by atoms with Crippen LogP contribution in [-0.4, -0.2) is 35.3 Å². The summed E-state index contributed by atoms with van der Waals surface area (Å²) in [4.78, 5) is 25.9. The lowest BCUT2D eigenvalue weighted by atomic mass is 9.87. The molecule has 4 nitrogen and oxygen atoms in total. The van der Waals surface area contributed by atoms with E-state index in [9.17, 15) is 9.59 Å². The van der Waals surface area contributed by atoms with Crippen LogP contribution in [0.15, 0.2) is 42.5 Å². The van der Waals surface area contributed by atoms with Gasteiger partial charge in [-0.1, -0.05) is 30.3 Å². The maximum absolute atomic E-state index is 12.6. The van der Waals surface area contributed by atoms with E-state index < -0.39 is 0 Å². The molecule has 4 rings (SSSR count). The van der Waals surface area contributed by atoms with Gasteiger partial charge in [-0.2, -0.15) is 0 Å². The number of carbonyl (C=O) groups is 2. The van der Waals surface area contributed by atoms with E-state index in [-0.39, 0.29) is 17.4 Å². The van der Waals surface area contributed by atoms with E-state index in [1.165, 1.54) is 16.7 Å². The molecule has 2 aliphatic heterocycles. The maximum Gasteiger partial charge on any atom is 0.254 e. The van der Waals surface area contributed by atoms with Gasteiger partial charge in [0, 0.05) is 25.1 Å². The number of carbonyl (C=O) groups excluding carboxylic acids is 2. The molecular formula is C21H22N2O2. The number of nitrogens with zero attached hydrogens (tertiary/aromatic N) is 1. The van der Waals surface area contributed by atoms with Gasteiger partial charge < -0.3 is 10.2 Å². The molecule has 2 aromatic carbocycles. The summed E-state index contributed by atoms with van der Waals surface area (Å²) in [5.41, 5.74) is 5.40. The molecule has 4 heteroatoms. The average Bonchev–Trinajstić information content (AvgIpc) is 2.98. The first-order chi connectivity index (χ1) is 12.0. The lowest BCUT2D eigenvalue weighted by molar-refractivity contribution is -0.120. The minimum Gasteiger partial charge on any atom is -0.347 e. The van der Waals surface area contributed by atoms with Crippen molar-refractivity contribution in [3.63, 3.8) is 0 Å². The number of hydrogen-bond acceptors (Lipinski definition) is 2. The van der Waals surface area contributed by atoms with E-state index in [1.54, 1.807) is 0 Å². The normalized spacial score (nSPS) is 18.2. The molecule has 0 bridgehead atoms. The second kappa shape index (κ2) is 5.73. The Balaban J connectivity index is 1.48. The van der Waals surface area contributed by atoms with Gasteiger partial charge in [-0.15, -0.1) is 0 Å². The Morgan fingerprint density at radius 2 is 1.80 bits per heavy atom. The van der Waals surface area contributed by atoms with E-state index in [4.69, 9.17) is 0 Å². The predicted molar refractivity (Wildman–Crippen MR) is 97.4 cm³/mol. The molecule has 1 spiro atoms. The molecule has 2 amide bonds. The fraction of sp³-hybridized carbons (Fsp3) is 0.333. The maximum atomic E-state index is 12.6. The van der Waals surface area contributed by atoms with Crippen LogP contribution in [0, 0.1) is 13.8 Å². The summed E-state index contributed by atoms with van der Waals surface area (Å²) in [5.74, 6) is 0.143. The van der Waals surface area contributed by atoms with Crippen molar-refractivity contribution in [3.05, 3.63) is 59.2 Å². The number of benzene rings is 2. The van der Waals surface area contributed by atoms with Gasteiger partial charge in [0.1, 0.15) is 0 Å². The molecule has 0 aromatic heterocycles. The molecule has 2 saturated heterocycles. The Hall–Kier alpha value is -2.62. The molecule has 2 aliphatic rings. The van der Waals surface area contributed by atoms with E-state index >= 15 is 0 Å². The number of rotatable bonds is 2. The molecule has 0 aliphatic carbocycles. The zero-order valence-electron chi connectivity index (χ0n) is 14.6. The highest BCUT2D eigenvalue weighted by Gasteiger charge is 2.49. The van der Waals surface area contributed by atoms with Crippen LogP contribution in [0.2, 0.25) is 0 Å². The molecule has 0 atom stereocenters. The second-order valence-corrected chi connectivity index (χ2v) is 7.31. The zero-order chi connectivity index (χ0) is 17.6. The largest absolute Gasteiger partial charge is 0.347 e. The quantitative estimate of drug-likeness (QED) is 0.917. The molecule has 0 saturated carbocycles. The van der Waals surface area contributed by atoms with Gasteiger partial charge in [-0.3, -0.25) is 9.59 Å². The van der Waals surface area contributed by atoms with Gasteiger partial charge in [0.2, 0.25) is 5.91 Å². The summed E-state index contributed by atoms with van der Waals surface area (Å²) < 4.78 is 0. The summed E-state index contributed by atoms with van der Waals surface area (Å²) in [7, 11) is 0. The first-order valence-corrected chi connectivity index (χ1v) is 8.74. The summed E-state index contributed by atoms with van der Waals surface area (Å²) in [6.45, 7) is 5.48. The minimum absolute atomic E-state index is 0.0410. The van der Waals surface area contributed by atoms with Gasteiger partial charge in [0.15, 0.2) is 0 Å². The van der Waals surface area contributed by atoms with Crippen LogP contribution in [0.1, 0.15) is 34.3 Å². The lowest BCUT2D eigenvalue weighted by Crippen LogP contribution is -2.68. The average molecular weight is 334 g/mol. The zero-order valence-corrected chi connectivity index (χ0v) is 14.6. The van der Waals surface area contributed by atoms with Crippen LogP contribution in [0.5, 0.6) is 0 Å². The van der Waals surface area contributed by atoms with E-state index in [0.717, 1.165) is 12.0 Å². The first-order valence-electron chi connectivity index (χ1n) is 8.74. The van der Waals surface area contributed by atoms with Crippen molar-refractivity contribution in [1.29, 1.82) is 0 Å². The Bertz CT molecular complexity index is 849. The van der Waals surface area contributed by atoms with E-state index in [1.807, 2.05) is 29.2 Å². The molecular weight excluding hydrogens is 312 g/mol. The van der Waals surface area contributed by atoms with Crippen LogP contribution < -0.4 is 5.32 Å². The van der Waals surface area contributed by atoms with Gasteiger partial charge >= 0.3 is 0 Å². The van der Waals surface area contributed by atoms with Crippen molar-refractivity contribution in [1.82, 2.24) is 10.2 Å². The predicted octanol–water partition coefficient (Wildman–Crippen LogP) is 3.08. The number of hydrogen-bond donors (Lipinski definition) is 1. The topological polar surface area (TPSA) is 49.4 Å². The van der Waals surface area contributed by atoms with Gasteiger partial charge in [0.05, 0.1) is 5.54 Å². The summed E-state index contributed by atoms with van der Waals surface area (Å²) in [5, 5.41) is 3.01. The molecule has 0 unspecified atom stereocenters. The Morgan fingerprint density at radius 3 is 2.44 bits per heavy atom. The van der Waals surface area contributed by atoms with Crippen LogP contribution in [-0.2, 0) is 4.79 Å². The van der Waals surface area contributed by atoms with Crippen LogP contribution in [0.25, 0.3) is 11.1 Å². The van der Waals surface area contributed by atoms with Crippen molar-refractivity contribution in [2.24, 2.45) is 0 Å². The van der Waals surface area contributed by atoms with Crippen molar-refractivity contribution in [3.8, 4) is 11.1 Å². The van der Waals surface area contributed by atoms with Crippen molar-refractivity contribution >= 4 is 11.8 Å². The van der Waals surface area contributed by atoms with Gasteiger partial charge in [0.25, 0.3) is 5.91 Å². The van der Waals surface area contributed by atoms with Crippen LogP contribution in [0.3, 0.4) is 0 Å². The highest BCUT2D eigenvalue weighted by atomic mass is 16.2. The third kappa shape index (κ3) is 2.72. The number of likely N-dealkylation sites (tertiary alicyclic amines) is 1. The molecule has 2 aromatic rings. The van der Waals surface area contributed by atoms with Crippen molar-refractivity contribution < 1.29 is 9.59 Å². The fourth-order valence-corrected chi connectivity index (χ4v) is 3.88. The third-order valence-corrected chi connectivity index (χ3v) is 5.56. The summed E-state index contributed by atoms with van der Waals surface area (Å²) in [6.07, 6.45) is 1.41. The highest BCUT2D eigenvalue weighted by molar-refractivity contribution is 5.96. The Labute approximate surface area is 147 Å². The second-order valence-electron chi connectivity index (χ2n) is 7.31. The van der Waals surface area contributed by atoms with E-state index in [2.05, 4.69) is 37.4 Å². The van der Waals surface area contributed by atoms with Gasteiger partial charge in [-0.05, 0) is 54.7 Å². The summed E-state index contributed by atoms with van der Waals surface area (Å²) >= 11 is 0. The number of amides is 2. The Kier molecular flexibility index (Phi) is 3.64. The van der Waals surface area contributed by atoms with Crippen LogP contribution >= 0.6 is 0 Å². The summed E-state index contributed by atoms with van der Waals surface area (Å²) in [6, 6.07) is 14.1. The van der Waals surface area contributed by atoms with Crippen LogP contribution in [0.4, 0.5) is 0 Å². The molecule has 25 heavy (non-hydrogen) atoms. The third-order valence-electron chi connectivity index (χ3n) is 5.56. The molecule has 2 fully saturated rings. The molecule has 1 N–H and O–H groups in total. The molecule has 2 heterocycles. The highest BCUT2D eigenvalue weighted by Crippen LogP contribution is 2.32. The molecule has 0 radical (unpaired) electrons. The first kappa shape index (κ1) is 15.9. The smallest absolute Gasteiger partial charge is 0.254 e. The minimum atomic E-state index is -0.161. The lowest BCUT2D eigenvalue weighted by Gasteiger charge is -2.47. The Morgan fingerprint density at radius 1 is 1.08 bits per heavy atom.